The van der Waals surface area contributed by atoms with Gasteiger partial charge < -0.3 is 10.2 Å². The zero-order valence-corrected chi connectivity index (χ0v) is 15.2. The van der Waals surface area contributed by atoms with E-state index in [-0.39, 0.29) is 0 Å². The van der Waals surface area contributed by atoms with Crippen molar-refractivity contribution in [2.45, 2.75) is 32.4 Å². The van der Waals surface area contributed by atoms with Gasteiger partial charge in [-0.15, -0.1) is 0 Å². The van der Waals surface area contributed by atoms with Crippen LogP contribution >= 0.6 is 0 Å². The fraction of sp³-hybridized carbons (Fsp3) is 0.941. The van der Waals surface area contributed by atoms with Crippen LogP contribution in [0.1, 0.15) is 20.3 Å². The maximum Gasteiger partial charge on any atom is 0.193 e. The number of hydrogen-bond donors (Lipinski definition) is 1. The monoisotopic (exact) mass is 322 g/mol. The molecule has 0 aliphatic carbocycles. The van der Waals surface area contributed by atoms with Gasteiger partial charge in [-0.1, -0.05) is 13.8 Å². The number of piperazine rings is 3. The summed E-state index contributed by atoms with van der Waals surface area (Å²) in [4.78, 5) is 14.8. The lowest BCUT2D eigenvalue weighted by Gasteiger charge is -2.47. The van der Waals surface area contributed by atoms with Crippen molar-refractivity contribution in [2.75, 3.05) is 72.5 Å². The van der Waals surface area contributed by atoms with E-state index in [1.165, 1.54) is 39.1 Å². The summed E-state index contributed by atoms with van der Waals surface area (Å²) in [5.74, 6) is 1.09. The van der Waals surface area contributed by atoms with Crippen LogP contribution in [0.2, 0.25) is 0 Å². The average Bonchev–Trinajstić information content (AvgIpc) is 3.07. The topological polar surface area (TPSA) is 37.4 Å². The predicted octanol–water partition coefficient (Wildman–Crippen LogP) is -0.0223. The molecule has 1 N–H and O–H groups in total. The zero-order valence-electron chi connectivity index (χ0n) is 15.2. The standard InChI is InChI=1S/C17H34N6/c1-4-21(5-2)15-6-7-23(14-15)17(18-3)19-12-16-13-20-8-10-22(16)11-9-20/h15-16H,4-14H2,1-3H3,(H,18,19). The maximum absolute atomic E-state index is 4.54. The molecule has 4 aliphatic heterocycles. The molecule has 4 heterocycles. The lowest BCUT2D eigenvalue weighted by atomic mass is 10.1. The number of rotatable bonds is 5. The van der Waals surface area contributed by atoms with Gasteiger partial charge in [-0.05, 0) is 19.5 Å². The van der Waals surface area contributed by atoms with Crippen molar-refractivity contribution in [1.82, 2.24) is 24.9 Å². The molecule has 132 valence electrons. The summed E-state index contributed by atoms with van der Waals surface area (Å²) in [6.45, 7) is 16.3. The second-order valence-corrected chi connectivity index (χ2v) is 7.03. The van der Waals surface area contributed by atoms with Crippen LogP contribution in [0, 0.1) is 0 Å². The van der Waals surface area contributed by atoms with Gasteiger partial charge in [0.25, 0.3) is 0 Å². The van der Waals surface area contributed by atoms with E-state index in [1.807, 2.05) is 7.05 Å². The molecule has 6 nitrogen and oxygen atoms in total. The summed E-state index contributed by atoms with van der Waals surface area (Å²) in [7, 11) is 1.92. The van der Waals surface area contributed by atoms with Crippen molar-refractivity contribution in [1.29, 1.82) is 0 Å². The molecule has 4 aliphatic rings. The van der Waals surface area contributed by atoms with Gasteiger partial charge >= 0.3 is 0 Å². The molecule has 0 aromatic heterocycles. The van der Waals surface area contributed by atoms with Crippen molar-refractivity contribution in [3.63, 3.8) is 0 Å². The molecule has 6 heteroatoms. The van der Waals surface area contributed by atoms with Crippen LogP contribution < -0.4 is 5.32 Å². The Morgan fingerprint density at radius 2 is 1.83 bits per heavy atom. The molecule has 0 aromatic rings. The van der Waals surface area contributed by atoms with Crippen LogP contribution in [0.5, 0.6) is 0 Å². The molecule has 0 saturated carbocycles. The number of likely N-dealkylation sites (tertiary alicyclic amines) is 1. The first-order chi connectivity index (χ1) is 11.2. The SMILES string of the molecule is CCN(CC)C1CCN(C(=NC)NCC2CN3CCN2CC3)C1. The minimum Gasteiger partial charge on any atom is -0.355 e. The molecule has 4 rings (SSSR count). The minimum absolute atomic E-state index is 0.649. The number of fused-ring (bicyclic) bond motifs is 3. The van der Waals surface area contributed by atoms with Gasteiger partial charge in [0.05, 0.1) is 0 Å². The largest absolute Gasteiger partial charge is 0.355 e. The van der Waals surface area contributed by atoms with E-state index < -0.39 is 0 Å². The lowest BCUT2D eigenvalue weighted by molar-refractivity contribution is 0.0152. The number of aliphatic imine (C=N–C) groups is 1. The van der Waals surface area contributed by atoms with Gasteiger partial charge in [0.1, 0.15) is 0 Å². The van der Waals surface area contributed by atoms with Gasteiger partial charge in [-0.25, -0.2) is 0 Å². The van der Waals surface area contributed by atoms with Crippen LogP contribution in [0.3, 0.4) is 0 Å². The van der Waals surface area contributed by atoms with Gasteiger partial charge in [0, 0.05) is 71.5 Å². The van der Waals surface area contributed by atoms with Gasteiger partial charge in [-0.2, -0.15) is 0 Å². The number of guanidine groups is 1. The summed E-state index contributed by atoms with van der Waals surface area (Å²) in [6, 6.07) is 1.33. The summed E-state index contributed by atoms with van der Waals surface area (Å²) < 4.78 is 0. The Balaban J connectivity index is 1.49. The molecular formula is C17H34N6. The van der Waals surface area contributed by atoms with Crippen molar-refractivity contribution in [3.05, 3.63) is 0 Å². The predicted molar refractivity (Wildman–Crippen MR) is 96.1 cm³/mol. The quantitative estimate of drug-likeness (QED) is 0.569. The fourth-order valence-electron chi connectivity index (χ4n) is 4.43. The Morgan fingerprint density at radius 3 is 2.39 bits per heavy atom. The molecule has 2 bridgehead atoms. The Hall–Kier alpha value is -0.850. The summed E-state index contributed by atoms with van der Waals surface area (Å²) in [5.41, 5.74) is 0. The average molecular weight is 323 g/mol. The van der Waals surface area contributed by atoms with E-state index in [9.17, 15) is 0 Å². The van der Waals surface area contributed by atoms with Gasteiger partial charge in [0.15, 0.2) is 5.96 Å². The maximum atomic E-state index is 4.54. The van der Waals surface area contributed by atoms with E-state index in [4.69, 9.17) is 0 Å². The van der Waals surface area contributed by atoms with Crippen LogP contribution in [-0.2, 0) is 0 Å². The highest BCUT2D eigenvalue weighted by molar-refractivity contribution is 5.80. The Labute approximate surface area is 141 Å². The molecule has 4 fully saturated rings. The van der Waals surface area contributed by atoms with E-state index in [2.05, 4.69) is 43.8 Å². The summed E-state index contributed by atoms with van der Waals surface area (Å²) in [6.07, 6.45) is 1.26. The van der Waals surface area contributed by atoms with Gasteiger partial charge in [-0.3, -0.25) is 19.7 Å². The molecule has 0 spiro atoms. The van der Waals surface area contributed by atoms with Crippen molar-refractivity contribution in [3.8, 4) is 0 Å². The first kappa shape index (κ1) is 17.0. The van der Waals surface area contributed by atoms with Crippen molar-refractivity contribution >= 4 is 5.96 Å². The van der Waals surface area contributed by atoms with Crippen LogP contribution in [0.25, 0.3) is 0 Å². The number of likely N-dealkylation sites (N-methyl/N-ethyl adjacent to an activating group) is 1. The Morgan fingerprint density at radius 1 is 1.09 bits per heavy atom. The summed E-state index contributed by atoms with van der Waals surface area (Å²) >= 11 is 0. The molecule has 4 saturated heterocycles. The zero-order chi connectivity index (χ0) is 16.2. The minimum atomic E-state index is 0.649. The molecular weight excluding hydrogens is 288 g/mol. The van der Waals surface area contributed by atoms with E-state index in [1.54, 1.807) is 0 Å². The smallest absolute Gasteiger partial charge is 0.193 e. The van der Waals surface area contributed by atoms with E-state index >= 15 is 0 Å². The van der Waals surface area contributed by atoms with Crippen molar-refractivity contribution < 1.29 is 0 Å². The van der Waals surface area contributed by atoms with Crippen LogP contribution in [0.4, 0.5) is 0 Å². The Kier molecular flexibility index (Phi) is 5.77. The second kappa shape index (κ2) is 7.81. The highest BCUT2D eigenvalue weighted by Crippen LogP contribution is 2.17. The normalized spacial score (nSPS) is 34.4. The van der Waals surface area contributed by atoms with Gasteiger partial charge in [0.2, 0.25) is 0 Å². The molecule has 2 atom stereocenters. The van der Waals surface area contributed by atoms with Crippen LogP contribution in [-0.4, -0.2) is 110 Å². The first-order valence-electron chi connectivity index (χ1n) is 9.41. The van der Waals surface area contributed by atoms with E-state index in [0.717, 1.165) is 38.7 Å². The van der Waals surface area contributed by atoms with E-state index in [0.29, 0.717) is 12.1 Å². The third-order valence-electron chi connectivity index (χ3n) is 5.89. The van der Waals surface area contributed by atoms with Crippen LogP contribution in [0.15, 0.2) is 4.99 Å². The lowest BCUT2D eigenvalue weighted by Crippen LogP contribution is -2.64. The third kappa shape index (κ3) is 3.80. The number of nitrogens with one attached hydrogen (secondary N) is 1. The summed E-state index contributed by atoms with van der Waals surface area (Å²) in [5, 5.41) is 3.65. The highest BCUT2D eigenvalue weighted by Gasteiger charge is 2.33. The molecule has 0 amide bonds. The first-order valence-corrected chi connectivity index (χ1v) is 9.41. The highest BCUT2D eigenvalue weighted by atomic mass is 15.4. The molecule has 0 aromatic carbocycles. The number of nitrogens with zero attached hydrogens (tertiary/aromatic N) is 5. The fourth-order valence-corrected chi connectivity index (χ4v) is 4.43. The number of hydrogen-bond acceptors (Lipinski definition) is 4. The Bertz CT molecular complexity index is 400. The molecule has 2 unspecified atom stereocenters. The molecule has 0 radical (unpaired) electrons. The second-order valence-electron chi connectivity index (χ2n) is 7.03. The van der Waals surface area contributed by atoms with Crippen molar-refractivity contribution in [2.24, 2.45) is 4.99 Å². The third-order valence-corrected chi connectivity index (χ3v) is 5.89. The molecule has 23 heavy (non-hydrogen) atoms.